The minimum atomic E-state index is -2.95. The number of benzene rings is 1. The molecule has 1 heterocycles. The number of nitrogens with one attached hydrogen (secondary N) is 1. The standard InChI is InChI=1S/C17H20N4O3S/c1-21(2)12-6-8-13(9-7-12)25(3,24)20-17(23)14-10-18-15(11-4-5-11)19-16(14)22/h6-11H,4-5H2,1-3H3,(H,18,19,22). The monoisotopic (exact) mass is 360 g/mol. The van der Waals surface area contributed by atoms with E-state index in [1.165, 1.54) is 12.5 Å². The van der Waals surface area contributed by atoms with E-state index in [1.807, 2.05) is 19.0 Å². The zero-order chi connectivity index (χ0) is 18.2. The van der Waals surface area contributed by atoms with Crippen LogP contribution in [0.1, 0.15) is 34.9 Å². The molecule has 3 rings (SSSR count). The Labute approximate surface area is 146 Å². The molecule has 8 heteroatoms. The fourth-order valence-electron chi connectivity index (χ4n) is 2.38. The summed E-state index contributed by atoms with van der Waals surface area (Å²) >= 11 is 0. The second kappa shape index (κ2) is 6.44. The minimum Gasteiger partial charge on any atom is -0.378 e. The van der Waals surface area contributed by atoms with Gasteiger partial charge < -0.3 is 9.88 Å². The lowest BCUT2D eigenvalue weighted by Gasteiger charge is -2.13. The number of nitrogens with zero attached hydrogens (tertiary/aromatic N) is 3. The van der Waals surface area contributed by atoms with Gasteiger partial charge in [0.2, 0.25) is 0 Å². The maximum absolute atomic E-state index is 12.8. The Morgan fingerprint density at radius 2 is 1.92 bits per heavy atom. The molecule has 25 heavy (non-hydrogen) atoms. The van der Waals surface area contributed by atoms with E-state index in [4.69, 9.17) is 0 Å². The Hall–Kier alpha value is -2.48. The number of rotatable bonds is 4. The van der Waals surface area contributed by atoms with Crippen LogP contribution < -0.4 is 10.5 Å². The molecule has 1 unspecified atom stereocenters. The lowest BCUT2D eigenvalue weighted by Crippen LogP contribution is -2.20. The van der Waals surface area contributed by atoms with E-state index in [-0.39, 0.29) is 11.5 Å². The highest BCUT2D eigenvalue weighted by atomic mass is 32.2. The quantitative estimate of drug-likeness (QED) is 0.900. The van der Waals surface area contributed by atoms with Crippen molar-refractivity contribution < 1.29 is 9.00 Å². The van der Waals surface area contributed by atoms with Crippen molar-refractivity contribution in [3.8, 4) is 0 Å². The van der Waals surface area contributed by atoms with Crippen LogP contribution in [-0.4, -0.2) is 40.4 Å². The highest BCUT2D eigenvalue weighted by molar-refractivity contribution is 7.93. The number of amides is 1. The van der Waals surface area contributed by atoms with E-state index in [2.05, 4.69) is 14.3 Å². The maximum atomic E-state index is 12.8. The van der Waals surface area contributed by atoms with E-state index >= 15 is 0 Å². The molecule has 2 aromatic rings. The first-order valence-electron chi connectivity index (χ1n) is 7.91. The van der Waals surface area contributed by atoms with E-state index in [0.717, 1.165) is 18.5 Å². The van der Waals surface area contributed by atoms with Gasteiger partial charge in [-0.15, -0.1) is 0 Å². The van der Waals surface area contributed by atoms with Gasteiger partial charge in [-0.3, -0.25) is 9.59 Å². The molecule has 1 aromatic heterocycles. The average molecular weight is 360 g/mol. The fourth-order valence-corrected chi connectivity index (χ4v) is 3.54. The van der Waals surface area contributed by atoms with Crippen molar-refractivity contribution in [3.63, 3.8) is 0 Å². The first-order chi connectivity index (χ1) is 11.8. The Morgan fingerprint density at radius 3 is 2.44 bits per heavy atom. The third-order valence-corrected chi connectivity index (χ3v) is 5.72. The van der Waals surface area contributed by atoms with Crippen LogP contribution in [0.2, 0.25) is 0 Å². The Bertz CT molecular complexity index is 982. The van der Waals surface area contributed by atoms with Gasteiger partial charge in [0.1, 0.15) is 11.4 Å². The van der Waals surface area contributed by atoms with Gasteiger partial charge >= 0.3 is 0 Å². The van der Waals surface area contributed by atoms with Gasteiger partial charge in [-0.05, 0) is 37.1 Å². The van der Waals surface area contributed by atoms with Crippen LogP contribution in [0, 0.1) is 0 Å². The van der Waals surface area contributed by atoms with Crippen molar-refractivity contribution in [2.24, 2.45) is 4.36 Å². The summed E-state index contributed by atoms with van der Waals surface area (Å²) in [6.45, 7) is 0. The molecule has 1 aliphatic carbocycles. The van der Waals surface area contributed by atoms with Gasteiger partial charge in [0, 0.05) is 43.0 Å². The number of aromatic amines is 1. The van der Waals surface area contributed by atoms with Crippen molar-refractivity contribution in [1.82, 2.24) is 9.97 Å². The number of carbonyl (C=O) groups excluding carboxylic acids is 1. The molecular weight excluding hydrogens is 340 g/mol. The van der Waals surface area contributed by atoms with Crippen LogP contribution in [0.3, 0.4) is 0 Å². The summed E-state index contributed by atoms with van der Waals surface area (Å²) in [5.41, 5.74) is 0.217. The molecule has 0 bridgehead atoms. The third kappa shape index (κ3) is 3.79. The van der Waals surface area contributed by atoms with Crippen molar-refractivity contribution in [2.45, 2.75) is 23.7 Å². The maximum Gasteiger partial charge on any atom is 0.292 e. The molecule has 1 N–H and O–H groups in total. The number of carbonyl (C=O) groups is 1. The largest absolute Gasteiger partial charge is 0.378 e. The topological polar surface area (TPSA) is 95.5 Å². The zero-order valence-electron chi connectivity index (χ0n) is 14.4. The second-order valence-electron chi connectivity index (χ2n) is 6.37. The first kappa shape index (κ1) is 17.3. The predicted molar refractivity (Wildman–Crippen MR) is 96.7 cm³/mol. The van der Waals surface area contributed by atoms with E-state index in [9.17, 15) is 13.8 Å². The summed E-state index contributed by atoms with van der Waals surface area (Å²) < 4.78 is 16.6. The van der Waals surface area contributed by atoms with Crippen LogP contribution in [0.4, 0.5) is 5.69 Å². The number of hydrogen-bond acceptors (Lipinski definition) is 5. The van der Waals surface area contributed by atoms with Crippen molar-refractivity contribution >= 4 is 21.3 Å². The number of aromatic nitrogens is 2. The Kier molecular flexibility index (Phi) is 4.47. The molecule has 7 nitrogen and oxygen atoms in total. The highest BCUT2D eigenvalue weighted by Crippen LogP contribution is 2.37. The van der Waals surface area contributed by atoms with Crippen molar-refractivity contribution in [2.75, 3.05) is 25.3 Å². The first-order valence-corrected chi connectivity index (χ1v) is 9.83. The second-order valence-corrected chi connectivity index (χ2v) is 8.63. The van der Waals surface area contributed by atoms with Gasteiger partial charge in [0.25, 0.3) is 11.5 Å². The molecule has 0 spiro atoms. The smallest absolute Gasteiger partial charge is 0.292 e. The molecule has 1 aromatic carbocycles. The summed E-state index contributed by atoms with van der Waals surface area (Å²) in [6.07, 6.45) is 4.59. The van der Waals surface area contributed by atoms with Crippen LogP contribution in [0.15, 0.2) is 44.5 Å². The molecule has 1 amide bonds. The third-order valence-electron chi connectivity index (χ3n) is 4.06. The Balaban J connectivity index is 1.91. The molecule has 0 aliphatic heterocycles. The molecule has 0 radical (unpaired) electrons. The van der Waals surface area contributed by atoms with Crippen LogP contribution in [0.5, 0.6) is 0 Å². The van der Waals surface area contributed by atoms with E-state index < -0.39 is 21.2 Å². The van der Waals surface area contributed by atoms with Gasteiger partial charge in [-0.2, -0.15) is 4.36 Å². The summed E-state index contributed by atoms with van der Waals surface area (Å²) in [4.78, 5) is 33.5. The summed E-state index contributed by atoms with van der Waals surface area (Å²) in [7, 11) is 0.844. The average Bonchev–Trinajstić information content (AvgIpc) is 3.39. The van der Waals surface area contributed by atoms with Crippen LogP contribution in [0.25, 0.3) is 0 Å². The van der Waals surface area contributed by atoms with Gasteiger partial charge in [0.15, 0.2) is 0 Å². The van der Waals surface area contributed by atoms with Gasteiger partial charge in [-0.1, -0.05) is 0 Å². The number of H-pyrrole nitrogens is 1. The SMILES string of the molecule is CN(C)c1ccc(S(C)(=O)=NC(=O)c2cnc(C3CC3)[nH]c2=O)cc1. The predicted octanol–water partition coefficient (Wildman–Crippen LogP) is 2.01. The van der Waals surface area contributed by atoms with Crippen molar-refractivity contribution in [3.05, 3.63) is 52.2 Å². The van der Waals surface area contributed by atoms with Crippen LogP contribution in [-0.2, 0) is 9.73 Å². The normalized spacial score (nSPS) is 16.1. The highest BCUT2D eigenvalue weighted by Gasteiger charge is 2.27. The van der Waals surface area contributed by atoms with Gasteiger partial charge in [-0.25, -0.2) is 9.19 Å². The van der Waals surface area contributed by atoms with Crippen molar-refractivity contribution in [1.29, 1.82) is 0 Å². The molecule has 1 saturated carbocycles. The van der Waals surface area contributed by atoms with Crippen LogP contribution >= 0.6 is 0 Å². The van der Waals surface area contributed by atoms with E-state index in [1.54, 1.807) is 24.3 Å². The number of anilines is 1. The minimum absolute atomic E-state index is 0.191. The lowest BCUT2D eigenvalue weighted by molar-refractivity contribution is 0.100. The summed E-state index contributed by atoms with van der Waals surface area (Å²) in [5, 5.41) is 0. The Morgan fingerprint density at radius 1 is 1.28 bits per heavy atom. The number of hydrogen-bond donors (Lipinski definition) is 1. The molecular formula is C17H20N4O3S. The molecule has 1 aliphatic rings. The zero-order valence-corrected chi connectivity index (χ0v) is 15.2. The summed E-state index contributed by atoms with van der Waals surface area (Å²) in [6, 6.07) is 6.95. The molecule has 1 fully saturated rings. The van der Waals surface area contributed by atoms with Gasteiger partial charge in [0.05, 0.1) is 9.73 Å². The fraction of sp³-hybridized carbons (Fsp3) is 0.353. The molecule has 0 saturated heterocycles. The molecule has 1 atom stereocenters. The molecule has 132 valence electrons. The van der Waals surface area contributed by atoms with E-state index in [0.29, 0.717) is 10.7 Å². The lowest BCUT2D eigenvalue weighted by atomic mass is 10.3. The summed E-state index contributed by atoms with van der Waals surface area (Å²) in [5.74, 6) is 0.0535.